The number of carbonyl (C=O) groups is 1. The van der Waals surface area contributed by atoms with E-state index in [-0.39, 0.29) is 30.2 Å². The zero-order valence-electron chi connectivity index (χ0n) is 9.91. The molecular weight excluding hydrogens is 301 g/mol. The highest BCUT2D eigenvalue weighted by Crippen LogP contribution is 2.32. The summed E-state index contributed by atoms with van der Waals surface area (Å²) in [6.45, 7) is -0.412. The standard InChI is InChI=1S/C11H8ClF3N2O3/c12-8-3-6-1-2-16(10(18)11(13,14)15)5-7(6)4-9(8)17(19)20/h3-4H,1-2,5H2. The molecule has 0 aromatic heterocycles. The van der Waals surface area contributed by atoms with E-state index in [4.69, 9.17) is 11.6 Å². The van der Waals surface area contributed by atoms with Crippen LogP contribution in [0.2, 0.25) is 5.02 Å². The maximum Gasteiger partial charge on any atom is 0.471 e. The molecule has 5 nitrogen and oxygen atoms in total. The molecule has 1 aromatic rings. The van der Waals surface area contributed by atoms with E-state index in [1.165, 1.54) is 6.07 Å². The Balaban J connectivity index is 2.32. The fourth-order valence-corrected chi connectivity index (χ4v) is 2.31. The highest BCUT2D eigenvalue weighted by Gasteiger charge is 2.43. The molecule has 0 N–H and O–H groups in total. The fourth-order valence-electron chi connectivity index (χ4n) is 2.06. The molecule has 1 heterocycles. The first-order valence-corrected chi connectivity index (χ1v) is 5.89. The van der Waals surface area contributed by atoms with Crippen LogP contribution in [-0.4, -0.2) is 28.5 Å². The van der Waals surface area contributed by atoms with E-state index in [1.807, 2.05) is 0 Å². The van der Waals surface area contributed by atoms with Gasteiger partial charge in [-0.2, -0.15) is 13.2 Å². The van der Waals surface area contributed by atoms with Gasteiger partial charge in [0.1, 0.15) is 5.02 Å². The third-order valence-corrected chi connectivity index (χ3v) is 3.31. The Kier molecular flexibility index (Phi) is 3.59. The second-order valence-electron chi connectivity index (χ2n) is 4.30. The Hall–Kier alpha value is -1.83. The first kappa shape index (κ1) is 14.6. The van der Waals surface area contributed by atoms with Gasteiger partial charge < -0.3 is 4.90 Å². The molecule has 9 heteroatoms. The fraction of sp³-hybridized carbons (Fsp3) is 0.364. The van der Waals surface area contributed by atoms with E-state index in [0.717, 1.165) is 6.07 Å². The number of nitro benzene ring substituents is 1. The van der Waals surface area contributed by atoms with Crippen molar-refractivity contribution in [3.8, 4) is 0 Å². The van der Waals surface area contributed by atoms with Gasteiger partial charge in [0, 0.05) is 19.2 Å². The molecule has 1 aromatic carbocycles. The van der Waals surface area contributed by atoms with Gasteiger partial charge in [-0.3, -0.25) is 14.9 Å². The summed E-state index contributed by atoms with van der Waals surface area (Å²) in [6, 6.07) is 2.48. The highest BCUT2D eigenvalue weighted by molar-refractivity contribution is 6.32. The lowest BCUT2D eigenvalue weighted by Crippen LogP contribution is -2.43. The number of alkyl halides is 3. The minimum Gasteiger partial charge on any atom is -0.330 e. The Bertz CT molecular complexity index is 589. The van der Waals surface area contributed by atoms with Gasteiger partial charge in [-0.25, -0.2) is 0 Å². The number of halogens is 4. The molecular formula is C11H8ClF3N2O3. The average molecular weight is 309 g/mol. The number of carbonyl (C=O) groups excluding carboxylic acids is 1. The van der Waals surface area contributed by atoms with Crippen LogP contribution in [0.3, 0.4) is 0 Å². The van der Waals surface area contributed by atoms with Gasteiger partial charge in [0.15, 0.2) is 0 Å². The summed E-state index contributed by atoms with van der Waals surface area (Å²) in [7, 11) is 0. The van der Waals surface area contributed by atoms with Crippen LogP contribution in [0.4, 0.5) is 18.9 Å². The van der Waals surface area contributed by atoms with Crippen molar-refractivity contribution in [3.05, 3.63) is 38.4 Å². The van der Waals surface area contributed by atoms with Gasteiger partial charge >= 0.3 is 12.1 Å². The second kappa shape index (κ2) is 4.93. The molecule has 2 rings (SSSR count). The number of rotatable bonds is 1. The number of hydrogen-bond donors (Lipinski definition) is 0. The topological polar surface area (TPSA) is 63.5 Å². The number of benzene rings is 1. The van der Waals surface area contributed by atoms with Crippen molar-refractivity contribution in [1.82, 2.24) is 4.90 Å². The first-order valence-electron chi connectivity index (χ1n) is 5.52. The van der Waals surface area contributed by atoms with Crippen molar-refractivity contribution < 1.29 is 22.9 Å². The zero-order chi connectivity index (χ0) is 15.1. The summed E-state index contributed by atoms with van der Waals surface area (Å²) >= 11 is 5.73. The lowest BCUT2D eigenvalue weighted by molar-refractivity contribution is -0.384. The van der Waals surface area contributed by atoms with E-state index in [0.29, 0.717) is 16.0 Å². The van der Waals surface area contributed by atoms with Crippen LogP contribution < -0.4 is 0 Å². The summed E-state index contributed by atoms with van der Waals surface area (Å²) in [5, 5.41) is 10.7. The molecule has 0 radical (unpaired) electrons. The molecule has 20 heavy (non-hydrogen) atoms. The third-order valence-electron chi connectivity index (χ3n) is 3.01. The van der Waals surface area contributed by atoms with Crippen molar-refractivity contribution in [2.75, 3.05) is 6.54 Å². The molecule has 1 aliphatic rings. The molecule has 0 atom stereocenters. The molecule has 1 amide bonds. The number of fused-ring (bicyclic) bond motifs is 1. The molecule has 0 bridgehead atoms. The molecule has 0 fully saturated rings. The van der Waals surface area contributed by atoms with Crippen LogP contribution in [0.25, 0.3) is 0 Å². The lowest BCUT2D eigenvalue weighted by atomic mass is 9.99. The molecule has 1 aliphatic heterocycles. The smallest absolute Gasteiger partial charge is 0.330 e. The molecule has 0 unspecified atom stereocenters. The van der Waals surface area contributed by atoms with Gasteiger partial charge in [0.2, 0.25) is 0 Å². The predicted molar refractivity (Wildman–Crippen MR) is 63.3 cm³/mol. The van der Waals surface area contributed by atoms with Crippen LogP contribution in [0.15, 0.2) is 12.1 Å². The molecule has 0 saturated heterocycles. The third kappa shape index (κ3) is 2.69. The largest absolute Gasteiger partial charge is 0.471 e. The molecule has 0 aliphatic carbocycles. The van der Waals surface area contributed by atoms with Crippen LogP contribution >= 0.6 is 11.6 Å². The van der Waals surface area contributed by atoms with Gasteiger partial charge in [0.25, 0.3) is 5.69 Å². The maximum absolute atomic E-state index is 12.4. The summed E-state index contributed by atoms with van der Waals surface area (Å²) in [5.41, 5.74) is 0.545. The first-order chi connectivity index (χ1) is 9.20. The zero-order valence-corrected chi connectivity index (χ0v) is 10.7. The summed E-state index contributed by atoms with van der Waals surface area (Å²) in [5.74, 6) is -1.94. The Morgan fingerprint density at radius 1 is 1.35 bits per heavy atom. The van der Waals surface area contributed by atoms with Gasteiger partial charge in [-0.1, -0.05) is 11.6 Å². The van der Waals surface area contributed by atoms with Crippen molar-refractivity contribution >= 4 is 23.2 Å². The highest BCUT2D eigenvalue weighted by atomic mass is 35.5. The van der Waals surface area contributed by atoms with Crippen LogP contribution in [0.1, 0.15) is 11.1 Å². The quantitative estimate of drug-likeness (QED) is 0.592. The summed E-state index contributed by atoms with van der Waals surface area (Å²) < 4.78 is 37.1. The van der Waals surface area contributed by atoms with E-state index in [9.17, 15) is 28.1 Å². The normalized spacial score (nSPS) is 14.9. The van der Waals surface area contributed by atoms with E-state index < -0.39 is 17.0 Å². The summed E-state index contributed by atoms with van der Waals surface area (Å²) in [4.78, 5) is 21.8. The monoisotopic (exact) mass is 308 g/mol. The number of nitro groups is 1. The van der Waals surface area contributed by atoms with Crippen molar-refractivity contribution in [2.45, 2.75) is 19.1 Å². The van der Waals surface area contributed by atoms with Crippen molar-refractivity contribution in [2.24, 2.45) is 0 Å². The van der Waals surface area contributed by atoms with Gasteiger partial charge in [-0.15, -0.1) is 0 Å². The van der Waals surface area contributed by atoms with E-state index in [2.05, 4.69) is 0 Å². The Labute approximate surface area is 116 Å². The van der Waals surface area contributed by atoms with E-state index in [1.54, 1.807) is 0 Å². The van der Waals surface area contributed by atoms with Crippen molar-refractivity contribution in [3.63, 3.8) is 0 Å². The molecule has 108 valence electrons. The number of hydrogen-bond acceptors (Lipinski definition) is 3. The minimum absolute atomic E-state index is 0.0654. The maximum atomic E-state index is 12.4. The Morgan fingerprint density at radius 3 is 2.55 bits per heavy atom. The number of nitrogens with zero attached hydrogens (tertiary/aromatic N) is 2. The van der Waals surface area contributed by atoms with Crippen molar-refractivity contribution in [1.29, 1.82) is 0 Å². The molecule has 0 saturated carbocycles. The van der Waals surface area contributed by atoms with Gasteiger partial charge in [-0.05, 0) is 23.6 Å². The van der Waals surface area contributed by atoms with Crippen LogP contribution in [0.5, 0.6) is 0 Å². The van der Waals surface area contributed by atoms with Crippen LogP contribution in [0, 0.1) is 10.1 Å². The Morgan fingerprint density at radius 2 is 2.00 bits per heavy atom. The summed E-state index contributed by atoms with van der Waals surface area (Å²) in [6.07, 6.45) is -4.77. The average Bonchev–Trinajstić information content (AvgIpc) is 2.35. The minimum atomic E-state index is -4.95. The van der Waals surface area contributed by atoms with Crippen LogP contribution in [-0.2, 0) is 17.8 Å². The lowest BCUT2D eigenvalue weighted by Gasteiger charge is -2.29. The number of amides is 1. The SMILES string of the molecule is O=C(N1CCc2cc(Cl)c([N+](=O)[O-])cc2C1)C(F)(F)F. The van der Waals surface area contributed by atoms with E-state index >= 15 is 0 Å². The second-order valence-corrected chi connectivity index (χ2v) is 4.71. The predicted octanol–water partition coefficient (Wildman–Crippen LogP) is 2.70. The molecule has 0 spiro atoms. The van der Waals surface area contributed by atoms with Gasteiger partial charge in [0.05, 0.1) is 4.92 Å².